The average molecular weight is 828 g/mol. The molecule has 0 aliphatic carbocycles. The van der Waals surface area contributed by atoms with E-state index in [4.69, 9.17) is 0 Å². The van der Waals surface area contributed by atoms with Gasteiger partial charge in [-0.2, -0.15) is 0 Å². The van der Waals surface area contributed by atoms with Gasteiger partial charge >= 0.3 is 0 Å². The molecule has 0 radical (unpaired) electrons. The second-order valence-electron chi connectivity index (χ2n) is 16.9. The van der Waals surface area contributed by atoms with Crippen molar-refractivity contribution >= 4 is 82.2 Å². The molecular formula is C62H41N3. The summed E-state index contributed by atoms with van der Waals surface area (Å²) in [4.78, 5) is 2.51. The van der Waals surface area contributed by atoms with Crippen molar-refractivity contribution in [2.45, 2.75) is 0 Å². The van der Waals surface area contributed by atoms with Crippen LogP contribution in [0, 0.1) is 0 Å². The SMILES string of the molecule is c1ccc(-c2ccc3c(-n4c5ccccc5c5ccccc54)c4cc(-c5ccccc5)ccc4c(N(c4ccccc4)c4ccc5c(c4)c4ccccc4n5-c4ccccc4)c3c2)cc1. The summed E-state index contributed by atoms with van der Waals surface area (Å²) in [5, 5.41) is 9.58. The average Bonchev–Trinajstić information content (AvgIpc) is 3.89. The van der Waals surface area contributed by atoms with E-state index < -0.39 is 0 Å². The molecule has 2 aromatic heterocycles. The van der Waals surface area contributed by atoms with Gasteiger partial charge in [-0.15, -0.1) is 0 Å². The van der Waals surface area contributed by atoms with Crippen LogP contribution in [-0.4, -0.2) is 9.13 Å². The summed E-state index contributed by atoms with van der Waals surface area (Å²) in [5.74, 6) is 0. The molecular weight excluding hydrogens is 787 g/mol. The number of rotatable bonds is 7. The third kappa shape index (κ3) is 5.90. The van der Waals surface area contributed by atoms with Crippen LogP contribution >= 0.6 is 0 Å². The van der Waals surface area contributed by atoms with Gasteiger partial charge in [-0.1, -0.05) is 176 Å². The van der Waals surface area contributed by atoms with Gasteiger partial charge in [0.2, 0.25) is 0 Å². The lowest BCUT2D eigenvalue weighted by Crippen LogP contribution is -2.12. The summed E-state index contributed by atoms with van der Waals surface area (Å²) in [6.07, 6.45) is 0. The molecule has 0 amide bonds. The van der Waals surface area contributed by atoms with E-state index in [-0.39, 0.29) is 0 Å². The van der Waals surface area contributed by atoms with Gasteiger partial charge in [0, 0.05) is 60.2 Å². The van der Waals surface area contributed by atoms with Crippen LogP contribution in [-0.2, 0) is 0 Å². The quantitative estimate of drug-likeness (QED) is 0.146. The molecule has 0 unspecified atom stereocenters. The Morgan fingerprint density at radius 2 is 0.708 bits per heavy atom. The van der Waals surface area contributed by atoms with Gasteiger partial charge in [0.05, 0.1) is 33.4 Å². The van der Waals surface area contributed by atoms with Crippen molar-refractivity contribution < 1.29 is 0 Å². The highest BCUT2D eigenvalue weighted by Gasteiger charge is 2.26. The van der Waals surface area contributed by atoms with Crippen molar-refractivity contribution in [2.24, 2.45) is 0 Å². The van der Waals surface area contributed by atoms with Crippen molar-refractivity contribution in [3.8, 4) is 33.6 Å². The summed E-state index contributed by atoms with van der Waals surface area (Å²) < 4.78 is 4.91. The molecule has 0 N–H and O–H groups in total. The van der Waals surface area contributed by atoms with E-state index in [1.165, 1.54) is 87.7 Å². The minimum Gasteiger partial charge on any atom is -0.309 e. The molecule has 0 bridgehead atoms. The Morgan fingerprint density at radius 3 is 1.31 bits per heavy atom. The molecule has 0 aliphatic heterocycles. The molecule has 0 atom stereocenters. The van der Waals surface area contributed by atoms with Gasteiger partial charge in [0.1, 0.15) is 0 Å². The van der Waals surface area contributed by atoms with Crippen molar-refractivity contribution in [1.82, 2.24) is 9.13 Å². The van der Waals surface area contributed by atoms with Gasteiger partial charge < -0.3 is 14.0 Å². The molecule has 65 heavy (non-hydrogen) atoms. The Hall–Kier alpha value is -8.66. The zero-order chi connectivity index (χ0) is 42.8. The molecule has 11 aromatic carbocycles. The highest BCUT2D eigenvalue weighted by atomic mass is 15.1. The fraction of sp³-hybridized carbons (Fsp3) is 0. The summed E-state index contributed by atoms with van der Waals surface area (Å²) in [5.41, 5.74) is 15.0. The number of anilines is 3. The molecule has 0 aliphatic rings. The minimum atomic E-state index is 1.09. The maximum atomic E-state index is 2.52. The van der Waals surface area contributed by atoms with Gasteiger partial charge in [-0.25, -0.2) is 0 Å². The number of benzene rings is 11. The van der Waals surface area contributed by atoms with Gasteiger partial charge in [0.15, 0.2) is 0 Å². The third-order valence-corrected chi connectivity index (χ3v) is 13.2. The zero-order valence-corrected chi connectivity index (χ0v) is 35.5. The van der Waals surface area contributed by atoms with E-state index in [9.17, 15) is 0 Å². The first kappa shape index (κ1) is 36.9. The van der Waals surface area contributed by atoms with Gasteiger partial charge in [-0.05, 0) is 95.1 Å². The first-order chi connectivity index (χ1) is 32.3. The third-order valence-electron chi connectivity index (χ3n) is 13.2. The lowest BCUT2D eigenvalue weighted by atomic mass is 9.91. The monoisotopic (exact) mass is 827 g/mol. The Balaban J connectivity index is 1.20. The van der Waals surface area contributed by atoms with E-state index in [0.29, 0.717) is 0 Å². The fourth-order valence-corrected chi connectivity index (χ4v) is 10.4. The van der Waals surface area contributed by atoms with Crippen molar-refractivity contribution in [3.63, 3.8) is 0 Å². The molecule has 3 nitrogen and oxygen atoms in total. The normalized spacial score (nSPS) is 11.7. The zero-order valence-electron chi connectivity index (χ0n) is 35.5. The molecule has 0 saturated heterocycles. The predicted octanol–water partition coefficient (Wildman–Crippen LogP) is 17.0. The van der Waals surface area contributed by atoms with Crippen molar-refractivity contribution in [3.05, 3.63) is 249 Å². The highest BCUT2D eigenvalue weighted by Crippen LogP contribution is 2.50. The number of para-hydroxylation sites is 5. The number of nitrogens with zero attached hydrogens (tertiary/aromatic N) is 3. The van der Waals surface area contributed by atoms with Gasteiger partial charge in [-0.3, -0.25) is 0 Å². The predicted molar refractivity (Wildman–Crippen MR) is 276 cm³/mol. The van der Waals surface area contributed by atoms with Crippen LogP contribution in [0.2, 0.25) is 0 Å². The Morgan fingerprint density at radius 1 is 0.246 bits per heavy atom. The van der Waals surface area contributed by atoms with Crippen LogP contribution in [0.3, 0.4) is 0 Å². The molecule has 13 rings (SSSR count). The maximum absolute atomic E-state index is 2.52. The second-order valence-corrected chi connectivity index (χ2v) is 16.9. The molecule has 2 heterocycles. The summed E-state index contributed by atoms with van der Waals surface area (Å²) in [6, 6.07) is 91.0. The number of fused-ring (bicyclic) bond motifs is 8. The Labute approximate surface area is 376 Å². The standard InChI is InChI=1S/C62H41N3/c1-5-19-42(20-6-1)44-34-37-53-55(39-44)61(63(46-23-9-3-10-24-46)48-35-38-60-54(41-48)51-29-15-16-30-57(51)64(60)47-25-11-4-12-26-47)52-36-33-45(43-21-7-2-8-22-43)40-56(52)62(53)65-58-31-17-13-27-49(58)50-28-14-18-32-59(50)65/h1-41H. The van der Waals surface area contributed by atoms with Crippen LogP contribution in [0.1, 0.15) is 0 Å². The summed E-state index contributed by atoms with van der Waals surface area (Å²) in [7, 11) is 0. The summed E-state index contributed by atoms with van der Waals surface area (Å²) in [6.45, 7) is 0. The van der Waals surface area contributed by atoms with E-state index in [1.54, 1.807) is 0 Å². The van der Waals surface area contributed by atoms with E-state index in [0.717, 1.165) is 28.1 Å². The van der Waals surface area contributed by atoms with Gasteiger partial charge in [0.25, 0.3) is 0 Å². The van der Waals surface area contributed by atoms with E-state index in [1.807, 2.05) is 0 Å². The molecule has 0 saturated carbocycles. The highest BCUT2D eigenvalue weighted by molar-refractivity contribution is 6.23. The fourth-order valence-electron chi connectivity index (χ4n) is 10.4. The Bertz CT molecular complexity index is 3870. The smallest absolute Gasteiger partial charge is 0.0620 e. The van der Waals surface area contributed by atoms with Crippen LogP contribution in [0.15, 0.2) is 249 Å². The number of aromatic nitrogens is 2. The van der Waals surface area contributed by atoms with Crippen molar-refractivity contribution in [1.29, 1.82) is 0 Å². The molecule has 3 heteroatoms. The maximum Gasteiger partial charge on any atom is 0.0620 e. The Kier molecular flexibility index (Phi) is 8.53. The van der Waals surface area contributed by atoms with E-state index in [2.05, 4.69) is 263 Å². The summed E-state index contributed by atoms with van der Waals surface area (Å²) >= 11 is 0. The lowest BCUT2D eigenvalue weighted by molar-refractivity contribution is 1.18. The van der Waals surface area contributed by atoms with Crippen LogP contribution in [0.25, 0.3) is 98.8 Å². The number of hydrogen-bond acceptors (Lipinski definition) is 1. The number of hydrogen-bond donors (Lipinski definition) is 0. The van der Waals surface area contributed by atoms with E-state index >= 15 is 0 Å². The topological polar surface area (TPSA) is 13.1 Å². The molecule has 0 fully saturated rings. The van der Waals surface area contributed by atoms with Crippen LogP contribution in [0.4, 0.5) is 17.1 Å². The molecule has 0 spiro atoms. The van der Waals surface area contributed by atoms with Crippen LogP contribution in [0.5, 0.6) is 0 Å². The minimum absolute atomic E-state index is 1.09. The second kappa shape index (κ2) is 15.0. The molecule has 304 valence electrons. The van der Waals surface area contributed by atoms with Crippen LogP contribution < -0.4 is 4.90 Å². The molecule has 13 aromatic rings. The largest absolute Gasteiger partial charge is 0.309 e. The first-order valence-corrected chi connectivity index (χ1v) is 22.4. The lowest BCUT2D eigenvalue weighted by Gasteiger charge is -2.30. The van der Waals surface area contributed by atoms with Crippen molar-refractivity contribution in [2.75, 3.05) is 4.90 Å². The first-order valence-electron chi connectivity index (χ1n) is 22.4.